The van der Waals surface area contributed by atoms with Gasteiger partial charge in [0.2, 0.25) is 0 Å². The van der Waals surface area contributed by atoms with Gasteiger partial charge in [0.05, 0.1) is 22.6 Å². The van der Waals surface area contributed by atoms with Crippen LogP contribution in [0.25, 0.3) is 0 Å². The first-order valence-corrected chi connectivity index (χ1v) is 8.07. The van der Waals surface area contributed by atoms with Gasteiger partial charge in [-0.2, -0.15) is 0 Å². The highest BCUT2D eigenvalue weighted by Crippen LogP contribution is 2.37. The van der Waals surface area contributed by atoms with E-state index in [4.69, 9.17) is 9.84 Å². The number of ether oxygens (including phenoxy) is 1. The lowest BCUT2D eigenvalue weighted by molar-refractivity contribution is -0.0234. The highest BCUT2D eigenvalue weighted by atomic mass is 79.9. The minimum atomic E-state index is -1.22. The molecule has 21 heavy (non-hydrogen) atoms. The normalized spacial score (nSPS) is 27.3. The van der Waals surface area contributed by atoms with Crippen LogP contribution in [0, 0.1) is 11.6 Å². The Morgan fingerprint density at radius 2 is 1.95 bits per heavy atom. The van der Waals surface area contributed by atoms with Crippen LogP contribution in [-0.2, 0) is 4.74 Å². The Hall–Kier alpha value is -0.120. The summed E-state index contributed by atoms with van der Waals surface area (Å²) in [7, 11) is 0. The summed E-state index contributed by atoms with van der Waals surface area (Å²) in [5, 5.41) is 28.6. The lowest BCUT2D eigenvalue weighted by atomic mass is 9.99. The summed E-state index contributed by atoms with van der Waals surface area (Å²) < 4.78 is 32.5. The van der Waals surface area contributed by atoms with Crippen molar-refractivity contribution < 1.29 is 28.8 Å². The number of hydrogen-bond donors (Lipinski definition) is 3. The zero-order chi connectivity index (χ0) is 15.7. The number of aliphatic hydroxyl groups excluding tert-OH is 3. The average Bonchev–Trinajstić information content (AvgIpc) is 2.79. The number of aliphatic hydroxyl groups is 3. The Morgan fingerprint density at radius 1 is 1.29 bits per heavy atom. The Morgan fingerprint density at radius 3 is 2.48 bits per heavy atom. The van der Waals surface area contributed by atoms with Gasteiger partial charge in [-0.15, -0.1) is 0 Å². The molecule has 1 heterocycles. The van der Waals surface area contributed by atoms with Crippen molar-refractivity contribution in [3.05, 3.63) is 34.9 Å². The van der Waals surface area contributed by atoms with Crippen LogP contribution in [0.5, 0.6) is 0 Å². The molecule has 0 aliphatic carbocycles. The van der Waals surface area contributed by atoms with Gasteiger partial charge in [-0.25, -0.2) is 8.78 Å². The summed E-state index contributed by atoms with van der Waals surface area (Å²) in [6.45, 7) is -0.388. The van der Waals surface area contributed by atoms with E-state index in [1.165, 1.54) is 6.07 Å². The predicted molar refractivity (Wildman–Crippen MR) is 78.3 cm³/mol. The summed E-state index contributed by atoms with van der Waals surface area (Å²) in [6.07, 6.45) is -3.64. The van der Waals surface area contributed by atoms with Crippen molar-refractivity contribution >= 4 is 31.9 Å². The van der Waals surface area contributed by atoms with Crippen molar-refractivity contribution in [2.75, 3.05) is 6.61 Å². The number of alkyl halides is 2. The van der Waals surface area contributed by atoms with E-state index in [-0.39, 0.29) is 24.2 Å². The van der Waals surface area contributed by atoms with Gasteiger partial charge in [-0.05, 0) is 6.07 Å². The second kappa shape index (κ2) is 6.97. The monoisotopic (exact) mass is 430 g/mol. The zero-order valence-electron chi connectivity index (χ0n) is 10.7. The molecule has 0 saturated carbocycles. The molecule has 1 aliphatic heterocycles. The molecule has 1 saturated heterocycles. The molecule has 1 aromatic carbocycles. The third-order valence-electron chi connectivity index (χ3n) is 3.42. The van der Waals surface area contributed by atoms with Gasteiger partial charge in [-0.1, -0.05) is 31.9 Å². The lowest BCUT2D eigenvalue weighted by Gasteiger charge is -2.18. The fraction of sp³-hybridized carbons (Fsp3) is 0.538. The van der Waals surface area contributed by atoms with Crippen LogP contribution in [0.1, 0.15) is 29.8 Å². The molecular weight excluding hydrogens is 418 g/mol. The van der Waals surface area contributed by atoms with Gasteiger partial charge in [0, 0.05) is 23.6 Å². The molecule has 1 aliphatic rings. The van der Waals surface area contributed by atoms with Gasteiger partial charge in [0.1, 0.15) is 23.8 Å². The van der Waals surface area contributed by atoms with Crippen molar-refractivity contribution in [2.45, 2.75) is 34.6 Å². The summed E-state index contributed by atoms with van der Waals surface area (Å²) in [6, 6.07) is 1.86. The highest BCUT2D eigenvalue weighted by Gasteiger charge is 2.36. The van der Waals surface area contributed by atoms with Crippen LogP contribution >= 0.6 is 31.9 Å². The van der Waals surface area contributed by atoms with Gasteiger partial charge < -0.3 is 20.1 Å². The minimum Gasteiger partial charge on any atom is -0.394 e. The molecule has 0 radical (unpaired) electrons. The summed E-state index contributed by atoms with van der Waals surface area (Å²) in [5.41, 5.74) is -0.0446. The molecule has 4 nitrogen and oxygen atoms in total. The van der Waals surface area contributed by atoms with Crippen LogP contribution in [0.2, 0.25) is 0 Å². The largest absolute Gasteiger partial charge is 0.394 e. The van der Waals surface area contributed by atoms with E-state index in [1.807, 2.05) is 0 Å². The second-order valence-electron chi connectivity index (χ2n) is 4.82. The molecule has 0 spiro atoms. The van der Waals surface area contributed by atoms with Crippen LogP contribution in [0.15, 0.2) is 12.1 Å². The van der Waals surface area contributed by atoms with Gasteiger partial charge in [0.25, 0.3) is 0 Å². The van der Waals surface area contributed by atoms with Gasteiger partial charge in [-0.3, -0.25) is 0 Å². The lowest BCUT2D eigenvalue weighted by Crippen LogP contribution is -2.24. The molecule has 1 aromatic rings. The van der Waals surface area contributed by atoms with Crippen molar-refractivity contribution in [1.82, 2.24) is 0 Å². The van der Waals surface area contributed by atoms with E-state index in [0.717, 1.165) is 0 Å². The van der Waals surface area contributed by atoms with Crippen LogP contribution < -0.4 is 0 Å². The molecule has 4 atom stereocenters. The van der Waals surface area contributed by atoms with E-state index in [2.05, 4.69) is 31.9 Å². The number of rotatable bonds is 4. The van der Waals surface area contributed by atoms with Crippen LogP contribution in [0.3, 0.4) is 0 Å². The van der Waals surface area contributed by atoms with Gasteiger partial charge in [0.15, 0.2) is 0 Å². The van der Waals surface area contributed by atoms with Crippen molar-refractivity contribution in [3.63, 3.8) is 0 Å². The molecule has 0 bridgehead atoms. The molecule has 1 unspecified atom stereocenters. The van der Waals surface area contributed by atoms with Crippen LogP contribution in [-0.4, -0.2) is 37.9 Å². The van der Waals surface area contributed by atoms with E-state index in [9.17, 15) is 19.0 Å². The Kier molecular flexibility index (Phi) is 5.72. The van der Waals surface area contributed by atoms with Gasteiger partial charge >= 0.3 is 0 Å². The summed E-state index contributed by atoms with van der Waals surface area (Å²) in [5.74, 6) is -1.69. The maximum absolute atomic E-state index is 13.9. The molecule has 118 valence electrons. The van der Waals surface area contributed by atoms with Crippen LogP contribution in [0.4, 0.5) is 8.78 Å². The predicted octanol–water partition coefficient (Wildman–Crippen LogP) is 2.30. The quantitative estimate of drug-likeness (QED) is 0.640. The molecule has 8 heteroatoms. The Bertz CT molecular complexity index is 515. The fourth-order valence-electron chi connectivity index (χ4n) is 2.29. The standard InChI is InChI=1S/C13H14Br2F2O4/c14-13(15)12(20)6-1-5(7(16)2-8(6)17)10-3-9(19)11(4-18)21-10/h1-2,9-13,18-20H,3-4H2/t9-,10+,11+,12?/m0/s1. The first kappa shape index (κ1) is 17.2. The maximum Gasteiger partial charge on any atom is 0.132 e. The first-order valence-electron chi connectivity index (χ1n) is 6.24. The Labute approximate surface area is 137 Å². The second-order valence-corrected chi connectivity index (χ2v) is 8.03. The zero-order valence-corrected chi connectivity index (χ0v) is 13.9. The molecule has 2 rings (SSSR count). The first-order chi connectivity index (χ1) is 9.85. The smallest absolute Gasteiger partial charge is 0.132 e. The molecular formula is C13H14Br2F2O4. The SMILES string of the molecule is OC[C@H]1O[C@@H](c2cc(C(O)C(Br)Br)c(F)cc2F)C[C@@H]1O. The summed E-state index contributed by atoms with van der Waals surface area (Å²) >= 11 is 6.14. The molecule has 3 N–H and O–H groups in total. The third-order valence-corrected chi connectivity index (χ3v) is 4.43. The summed E-state index contributed by atoms with van der Waals surface area (Å²) in [4.78, 5) is 0. The van der Waals surface area contributed by atoms with E-state index in [1.54, 1.807) is 0 Å². The fourth-order valence-corrected chi connectivity index (χ4v) is 2.86. The average molecular weight is 432 g/mol. The topological polar surface area (TPSA) is 69.9 Å². The molecule has 1 fully saturated rings. The molecule has 0 amide bonds. The van der Waals surface area contributed by atoms with E-state index >= 15 is 0 Å². The highest BCUT2D eigenvalue weighted by molar-refractivity contribution is 9.24. The van der Waals surface area contributed by atoms with Crippen molar-refractivity contribution in [2.24, 2.45) is 0 Å². The van der Waals surface area contributed by atoms with Crippen molar-refractivity contribution in [3.8, 4) is 0 Å². The van der Waals surface area contributed by atoms with E-state index < -0.39 is 39.8 Å². The number of halogens is 4. The maximum atomic E-state index is 13.9. The van der Waals surface area contributed by atoms with E-state index in [0.29, 0.717) is 6.07 Å². The minimum absolute atomic E-state index is 0.0427. The van der Waals surface area contributed by atoms with Crippen molar-refractivity contribution in [1.29, 1.82) is 0 Å². The third kappa shape index (κ3) is 3.62. The number of hydrogen-bond acceptors (Lipinski definition) is 4. The molecule has 0 aromatic heterocycles. The number of benzene rings is 1. The Balaban J connectivity index is 2.34.